The van der Waals surface area contributed by atoms with E-state index in [1.807, 2.05) is 17.1 Å². The third-order valence-electron chi connectivity index (χ3n) is 2.15. The average Bonchev–Trinajstić information content (AvgIpc) is 2.51. The third-order valence-corrected chi connectivity index (χ3v) is 2.64. The molecule has 0 unspecified atom stereocenters. The molecule has 74 valence electrons. The van der Waals surface area contributed by atoms with Gasteiger partial charge < -0.3 is 5.73 Å². The third kappa shape index (κ3) is 2.26. The van der Waals surface area contributed by atoms with Crippen molar-refractivity contribution >= 4 is 21.8 Å². The Morgan fingerprint density at radius 1 is 1.50 bits per heavy atom. The first kappa shape index (κ1) is 9.52. The summed E-state index contributed by atoms with van der Waals surface area (Å²) < 4.78 is 1.10. The van der Waals surface area contributed by atoms with Crippen LogP contribution in [0.15, 0.2) is 33.8 Å². The lowest BCUT2D eigenvalue weighted by molar-refractivity contribution is 0.310. The van der Waals surface area contributed by atoms with Gasteiger partial charge in [0.25, 0.3) is 0 Å². The molecule has 1 heterocycles. The first-order valence-corrected chi connectivity index (χ1v) is 5.36. The Balaban J connectivity index is 2.04. The quantitative estimate of drug-likeness (QED) is 0.876. The maximum atomic E-state index is 5.61. The minimum absolute atomic E-state index is 0.736. The molecule has 0 spiro atoms. The maximum absolute atomic E-state index is 5.61. The van der Waals surface area contributed by atoms with Crippen LogP contribution in [0.25, 0.3) is 0 Å². The van der Waals surface area contributed by atoms with Crippen LogP contribution < -0.4 is 5.73 Å². The zero-order valence-corrected chi connectivity index (χ0v) is 9.37. The molecule has 4 heteroatoms. The Morgan fingerprint density at radius 2 is 2.36 bits per heavy atom. The van der Waals surface area contributed by atoms with Crippen LogP contribution in [-0.4, -0.2) is 17.4 Å². The SMILES string of the molecule is NC1=NN(Cc2cccc(Br)c2)CC1. The maximum Gasteiger partial charge on any atom is 0.121 e. The molecular weight excluding hydrogens is 242 g/mol. The van der Waals surface area contributed by atoms with E-state index in [0.717, 1.165) is 29.8 Å². The summed E-state index contributed by atoms with van der Waals surface area (Å²) in [5.41, 5.74) is 6.86. The Hall–Kier alpha value is -1.03. The van der Waals surface area contributed by atoms with Crippen molar-refractivity contribution in [3.63, 3.8) is 0 Å². The molecular formula is C10H12BrN3. The summed E-state index contributed by atoms with van der Waals surface area (Å²) in [5, 5.41) is 6.22. The van der Waals surface area contributed by atoms with Crippen LogP contribution in [0.5, 0.6) is 0 Å². The van der Waals surface area contributed by atoms with Crippen molar-refractivity contribution in [3.05, 3.63) is 34.3 Å². The smallest absolute Gasteiger partial charge is 0.121 e. The lowest BCUT2D eigenvalue weighted by Crippen LogP contribution is -2.13. The number of hydrazone groups is 1. The van der Waals surface area contributed by atoms with Gasteiger partial charge in [0.2, 0.25) is 0 Å². The van der Waals surface area contributed by atoms with Crippen LogP contribution >= 0.6 is 15.9 Å². The number of amidine groups is 1. The zero-order chi connectivity index (χ0) is 9.97. The van der Waals surface area contributed by atoms with Gasteiger partial charge in [-0.2, -0.15) is 5.10 Å². The molecule has 0 fully saturated rings. The van der Waals surface area contributed by atoms with Gasteiger partial charge in [-0.3, -0.25) is 5.01 Å². The summed E-state index contributed by atoms with van der Waals surface area (Å²) in [5.74, 6) is 0.736. The number of hydrogen-bond donors (Lipinski definition) is 1. The molecule has 0 saturated heterocycles. The average molecular weight is 254 g/mol. The fourth-order valence-electron chi connectivity index (χ4n) is 1.49. The Bertz CT molecular complexity index is 362. The van der Waals surface area contributed by atoms with Crippen LogP contribution in [0.2, 0.25) is 0 Å². The summed E-state index contributed by atoms with van der Waals surface area (Å²) in [6.07, 6.45) is 0.883. The van der Waals surface area contributed by atoms with E-state index in [0.29, 0.717) is 0 Å². The lowest BCUT2D eigenvalue weighted by atomic mass is 10.2. The number of nitrogens with zero attached hydrogens (tertiary/aromatic N) is 2. The number of nitrogens with two attached hydrogens (primary N) is 1. The van der Waals surface area contributed by atoms with E-state index in [1.54, 1.807) is 0 Å². The second-order valence-electron chi connectivity index (χ2n) is 3.36. The first-order chi connectivity index (χ1) is 6.74. The Kier molecular flexibility index (Phi) is 2.72. The van der Waals surface area contributed by atoms with E-state index in [9.17, 15) is 0 Å². The highest BCUT2D eigenvalue weighted by Crippen LogP contribution is 2.15. The predicted molar refractivity (Wildman–Crippen MR) is 60.8 cm³/mol. The summed E-state index contributed by atoms with van der Waals surface area (Å²) in [7, 11) is 0. The van der Waals surface area contributed by atoms with Crippen molar-refractivity contribution in [2.45, 2.75) is 13.0 Å². The van der Waals surface area contributed by atoms with Gasteiger partial charge in [-0.1, -0.05) is 28.1 Å². The molecule has 0 amide bonds. The minimum atomic E-state index is 0.736. The zero-order valence-electron chi connectivity index (χ0n) is 7.78. The van der Waals surface area contributed by atoms with Gasteiger partial charge >= 0.3 is 0 Å². The summed E-state index contributed by atoms with van der Waals surface area (Å²) in [6.45, 7) is 1.76. The Morgan fingerprint density at radius 3 is 3.00 bits per heavy atom. The van der Waals surface area contributed by atoms with E-state index in [4.69, 9.17) is 5.73 Å². The Labute approximate surface area is 91.7 Å². The normalized spacial score (nSPS) is 15.8. The van der Waals surface area contributed by atoms with Crippen LogP contribution in [0.1, 0.15) is 12.0 Å². The summed E-state index contributed by atoms with van der Waals surface area (Å²) >= 11 is 3.44. The molecule has 1 aromatic rings. The molecule has 0 aliphatic carbocycles. The van der Waals surface area contributed by atoms with Crippen LogP contribution in [0.4, 0.5) is 0 Å². The minimum Gasteiger partial charge on any atom is -0.386 e. The fraction of sp³-hybridized carbons (Fsp3) is 0.300. The van der Waals surface area contributed by atoms with Crippen LogP contribution in [-0.2, 0) is 6.54 Å². The van der Waals surface area contributed by atoms with E-state index in [2.05, 4.69) is 33.2 Å². The van der Waals surface area contributed by atoms with Crippen molar-refractivity contribution in [2.75, 3.05) is 6.54 Å². The topological polar surface area (TPSA) is 41.6 Å². The number of benzene rings is 1. The van der Waals surface area contributed by atoms with Crippen molar-refractivity contribution < 1.29 is 0 Å². The van der Waals surface area contributed by atoms with E-state index >= 15 is 0 Å². The first-order valence-electron chi connectivity index (χ1n) is 4.56. The van der Waals surface area contributed by atoms with Crippen LogP contribution in [0.3, 0.4) is 0 Å². The van der Waals surface area contributed by atoms with Gasteiger partial charge in [0.15, 0.2) is 0 Å². The predicted octanol–water partition coefficient (Wildman–Crippen LogP) is 1.93. The summed E-state index contributed by atoms with van der Waals surface area (Å²) in [4.78, 5) is 0. The fourth-order valence-corrected chi connectivity index (χ4v) is 1.93. The standard InChI is InChI=1S/C10H12BrN3/c11-9-3-1-2-8(6-9)7-14-5-4-10(12)13-14/h1-3,6H,4-5,7H2,(H2,12,13). The highest BCUT2D eigenvalue weighted by atomic mass is 79.9. The molecule has 1 aliphatic rings. The second kappa shape index (κ2) is 4.00. The van der Waals surface area contributed by atoms with Crippen molar-refractivity contribution in [1.82, 2.24) is 5.01 Å². The number of hydrogen-bond acceptors (Lipinski definition) is 3. The molecule has 0 atom stereocenters. The van der Waals surface area contributed by atoms with E-state index in [-0.39, 0.29) is 0 Å². The van der Waals surface area contributed by atoms with Crippen LogP contribution in [0, 0.1) is 0 Å². The molecule has 2 rings (SSSR count). The number of rotatable bonds is 2. The molecule has 1 aromatic carbocycles. The monoisotopic (exact) mass is 253 g/mol. The van der Waals surface area contributed by atoms with Gasteiger partial charge in [-0.15, -0.1) is 0 Å². The molecule has 3 nitrogen and oxygen atoms in total. The van der Waals surface area contributed by atoms with Gasteiger partial charge in [-0.25, -0.2) is 0 Å². The molecule has 1 aliphatic heterocycles. The summed E-state index contributed by atoms with van der Waals surface area (Å²) in [6, 6.07) is 8.24. The van der Waals surface area contributed by atoms with E-state index in [1.165, 1.54) is 5.56 Å². The van der Waals surface area contributed by atoms with E-state index < -0.39 is 0 Å². The second-order valence-corrected chi connectivity index (χ2v) is 4.28. The van der Waals surface area contributed by atoms with Gasteiger partial charge in [0, 0.05) is 17.4 Å². The lowest BCUT2D eigenvalue weighted by Gasteiger charge is -2.13. The number of halogens is 1. The highest BCUT2D eigenvalue weighted by molar-refractivity contribution is 9.10. The molecule has 14 heavy (non-hydrogen) atoms. The molecule has 0 bridgehead atoms. The molecule has 2 N–H and O–H groups in total. The highest BCUT2D eigenvalue weighted by Gasteiger charge is 2.11. The van der Waals surface area contributed by atoms with Gasteiger partial charge in [-0.05, 0) is 17.7 Å². The van der Waals surface area contributed by atoms with Crippen molar-refractivity contribution in [3.8, 4) is 0 Å². The van der Waals surface area contributed by atoms with Gasteiger partial charge in [0.1, 0.15) is 5.84 Å². The van der Waals surface area contributed by atoms with Gasteiger partial charge in [0.05, 0.1) is 6.54 Å². The molecule has 0 radical (unpaired) electrons. The molecule has 0 aromatic heterocycles. The van der Waals surface area contributed by atoms with Crippen molar-refractivity contribution in [2.24, 2.45) is 10.8 Å². The molecule has 0 saturated carbocycles. The largest absolute Gasteiger partial charge is 0.386 e. The van der Waals surface area contributed by atoms with Crippen molar-refractivity contribution in [1.29, 1.82) is 0 Å².